The van der Waals surface area contributed by atoms with Gasteiger partial charge < -0.3 is 5.32 Å². The second kappa shape index (κ2) is 5.59. The van der Waals surface area contributed by atoms with Crippen LogP contribution < -0.4 is 5.32 Å². The highest BCUT2D eigenvalue weighted by molar-refractivity contribution is 7.10. The average Bonchev–Trinajstić information content (AvgIpc) is 2.71. The molecule has 0 bridgehead atoms. The molecule has 0 saturated carbocycles. The van der Waals surface area contributed by atoms with Gasteiger partial charge in [-0.15, -0.1) is 11.3 Å². The molecule has 0 saturated heterocycles. The third kappa shape index (κ3) is 2.76. The Balaban J connectivity index is 2.44. The van der Waals surface area contributed by atoms with Gasteiger partial charge in [-0.25, -0.2) is 8.78 Å². The minimum absolute atomic E-state index is 0.161. The van der Waals surface area contributed by atoms with Crippen molar-refractivity contribution in [3.8, 4) is 0 Å². The number of hydrogen-bond donors (Lipinski definition) is 1. The van der Waals surface area contributed by atoms with Gasteiger partial charge in [-0.1, -0.05) is 6.92 Å². The van der Waals surface area contributed by atoms with Crippen molar-refractivity contribution in [3.63, 3.8) is 0 Å². The van der Waals surface area contributed by atoms with Crippen LogP contribution >= 0.6 is 11.3 Å². The van der Waals surface area contributed by atoms with Gasteiger partial charge in [0.25, 0.3) is 0 Å². The van der Waals surface area contributed by atoms with Gasteiger partial charge in [-0.05, 0) is 48.2 Å². The summed E-state index contributed by atoms with van der Waals surface area (Å²) in [5.41, 5.74) is 1.70. The molecule has 96 valence electrons. The Morgan fingerprint density at radius 2 is 1.89 bits per heavy atom. The van der Waals surface area contributed by atoms with Crippen LogP contribution in [0.4, 0.5) is 8.78 Å². The van der Waals surface area contributed by atoms with Crippen LogP contribution in [0.2, 0.25) is 0 Å². The van der Waals surface area contributed by atoms with Crippen LogP contribution in [0.1, 0.15) is 29.0 Å². The van der Waals surface area contributed by atoms with Crippen LogP contribution in [0.3, 0.4) is 0 Å². The van der Waals surface area contributed by atoms with Gasteiger partial charge >= 0.3 is 0 Å². The second-order valence-corrected chi connectivity index (χ2v) is 5.25. The fourth-order valence-electron chi connectivity index (χ4n) is 2.05. The molecule has 1 heterocycles. The molecule has 2 aromatic rings. The van der Waals surface area contributed by atoms with E-state index >= 15 is 0 Å². The Morgan fingerprint density at radius 1 is 1.22 bits per heavy atom. The first-order valence-corrected chi connectivity index (χ1v) is 6.73. The predicted molar refractivity (Wildman–Crippen MR) is 70.9 cm³/mol. The summed E-state index contributed by atoms with van der Waals surface area (Å²) >= 11 is 1.63. The van der Waals surface area contributed by atoms with Crippen LogP contribution in [0, 0.1) is 18.6 Å². The minimum atomic E-state index is -0.541. The zero-order valence-corrected chi connectivity index (χ0v) is 11.2. The molecule has 18 heavy (non-hydrogen) atoms. The van der Waals surface area contributed by atoms with Crippen LogP contribution in [0.15, 0.2) is 29.6 Å². The second-order valence-electron chi connectivity index (χ2n) is 4.13. The molecule has 0 amide bonds. The lowest BCUT2D eigenvalue weighted by molar-refractivity contribution is 0.565. The molecule has 1 nitrogen and oxygen atoms in total. The maximum atomic E-state index is 13.3. The van der Waals surface area contributed by atoms with Crippen molar-refractivity contribution >= 4 is 11.3 Å². The molecule has 0 aliphatic heterocycles. The molecule has 1 atom stereocenters. The molecule has 0 aliphatic rings. The summed E-state index contributed by atoms with van der Waals surface area (Å²) < 4.78 is 26.6. The van der Waals surface area contributed by atoms with E-state index < -0.39 is 11.6 Å². The van der Waals surface area contributed by atoms with Gasteiger partial charge in [0.05, 0.1) is 6.04 Å². The minimum Gasteiger partial charge on any atom is -0.306 e. The molecular formula is C14H15F2NS. The van der Waals surface area contributed by atoms with Crippen molar-refractivity contribution in [3.05, 3.63) is 57.3 Å². The van der Waals surface area contributed by atoms with Gasteiger partial charge in [-0.3, -0.25) is 0 Å². The van der Waals surface area contributed by atoms with Crippen LogP contribution in [-0.4, -0.2) is 6.54 Å². The zero-order chi connectivity index (χ0) is 13.1. The number of thiophene rings is 1. The van der Waals surface area contributed by atoms with Crippen molar-refractivity contribution in [1.29, 1.82) is 0 Å². The van der Waals surface area contributed by atoms with Gasteiger partial charge in [0.2, 0.25) is 0 Å². The molecule has 0 radical (unpaired) electrons. The van der Waals surface area contributed by atoms with Crippen molar-refractivity contribution < 1.29 is 8.78 Å². The van der Waals surface area contributed by atoms with E-state index in [1.165, 1.54) is 12.1 Å². The molecule has 1 aromatic heterocycles. The lowest BCUT2D eigenvalue weighted by atomic mass is 9.99. The molecule has 1 aromatic carbocycles. The van der Waals surface area contributed by atoms with Crippen molar-refractivity contribution in [1.82, 2.24) is 5.32 Å². The third-order valence-corrected chi connectivity index (χ3v) is 3.70. The molecule has 4 heteroatoms. The Labute approximate surface area is 109 Å². The first kappa shape index (κ1) is 13.2. The fraction of sp³-hybridized carbons (Fsp3) is 0.286. The van der Waals surface area contributed by atoms with E-state index in [0.717, 1.165) is 23.1 Å². The molecule has 0 spiro atoms. The Bertz CT molecular complexity index is 516. The highest BCUT2D eigenvalue weighted by Gasteiger charge is 2.17. The van der Waals surface area contributed by atoms with Gasteiger partial charge in [0.1, 0.15) is 11.6 Å². The first-order valence-electron chi connectivity index (χ1n) is 5.85. The zero-order valence-electron chi connectivity index (χ0n) is 10.3. The largest absolute Gasteiger partial charge is 0.306 e. The monoisotopic (exact) mass is 267 g/mol. The molecule has 1 N–H and O–H groups in total. The quantitative estimate of drug-likeness (QED) is 0.881. The Kier molecular flexibility index (Phi) is 4.09. The summed E-state index contributed by atoms with van der Waals surface area (Å²) in [4.78, 5) is 1.16. The smallest absolute Gasteiger partial charge is 0.126 e. The molecule has 2 rings (SSSR count). The summed E-state index contributed by atoms with van der Waals surface area (Å²) in [5.74, 6) is -1.08. The van der Waals surface area contributed by atoms with Crippen molar-refractivity contribution in [2.24, 2.45) is 0 Å². The van der Waals surface area contributed by atoms with E-state index in [1.54, 1.807) is 11.3 Å². The maximum absolute atomic E-state index is 13.3. The molecule has 0 fully saturated rings. The highest BCUT2D eigenvalue weighted by Crippen LogP contribution is 2.28. The number of halogens is 2. The number of aryl methyl sites for hydroxylation is 1. The van der Waals surface area contributed by atoms with Crippen molar-refractivity contribution in [2.45, 2.75) is 19.9 Å². The fourth-order valence-corrected chi connectivity index (χ4v) is 2.79. The Morgan fingerprint density at radius 3 is 2.39 bits per heavy atom. The molecular weight excluding hydrogens is 252 g/mol. The Hall–Kier alpha value is -1.26. The lowest BCUT2D eigenvalue weighted by Gasteiger charge is -2.19. The van der Waals surface area contributed by atoms with Crippen LogP contribution in [0.5, 0.6) is 0 Å². The maximum Gasteiger partial charge on any atom is 0.126 e. The summed E-state index contributed by atoms with van der Waals surface area (Å²) in [5, 5.41) is 5.26. The summed E-state index contributed by atoms with van der Waals surface area (Å²) in [6.45, 7) is 4.72. The normalized spacial score (nSPS) is 12.7. The van der Waals surface area contributed by atoms with Crippen LogP contribution in [-0.2, 0) is 0 Å². The number of hydrogen-bond acceptors (Lipinski definition) is 2. The standard InChI is InChI=1S/C14H15F2NS/c1-3-17-14(13-4-5-18-9(13)2)10-6-11(15)8-12(16)7-10/h4-8,14,17H,3H2,1-2H3. The van der Waals surface area contributed by atoms with Gasteiger partial charge in [0, 0.05) is 10.9 Å². The SMILES string of the molecule is CCNC(c1cc(F)cc(F)c1)c1ccsc1C. The lowest BCUT2D eigenvalue weighted by Crippen LogP contribution is -2.22. The summed E-state index contributed by atoms with van der Waals surface area (Å²) in [6.07, 6.45) is 0. The predicted octanol–water partition coefficient (Wildman–Crippen LogP) is 4.03. The van der Waals surface area contributed by atoms with Gasteiger partial charge in [-0.2, -0.15) is 0 Å². The van der Waals surface area contributed by atoms with E-state index in [2.05, 4.69) is 5.32 Å². The van der Waals surface area contributed by atoms with E-state index in [9.17, 15) is 8.78 Å². The van der Waals surface area contributed by atoms with E-state index in [4.69, 9.17) is 0 Å². The van der Waals surface area contributed by atoms with Crippen LogP contribution in [0.25, 0.3) is 0 Å². The first-order chi connectivity index (χ1) is 8.61. The van der Waals surface area contributed by atoms with E-state index in [1.807, 2.05) is 25.3 Å². The van der Waals surface area contributed by atoms with E-state index in [0.29, 0.717) is 5.56 Å². The number of nitrogens with one attached hydrogen (secondary N) is 1. The van der Waals surface area contributed by atoms with Gasteiger partial charge in [0.15, 0.2) is 0 Å². The highest BCUT2D eigenvalue weighted by atomic mass is 32.1. The summed E-state index contributed by atoms with van der Waals surface area (Å²) in [7, 11) is 0. The topological polar surface area (TPSA) is 12.0 Å². The molecule has 1 unspecified atom stereocenters. The number of benzene rings is 1. The number of rotatable bonds is 4. The summed E-state index contributed by atoms with van der Waals surface area (Å²) in [6, 6.07) is 5.50. The third-order valence-electron chi connectivity index (χ3n) is 2.84. The molecule has 0 aliphatic carbocycles. The van der Waals surface area contributed by atoms with Crippen molar-refractivity contribution in [2.75, 3.05) is 6.54 Å². The van der Waals surface area contributed by atoms with E-state index in [-0.39, 0.29) is 6.04 Å². The average molecular weight is 267 g/mol.